The summed E-state index contributed by atoms with van der Waals surface area (Å²) in [5.74, 6) is 0.499. The monoisotopic (exact) mass is 736 g/mol. The van der Waals surface area contributed by atoms with Crippen LogP contribution in [0.2, 0.25) is 0 Å². The number of nitrogens with zero attached hydrogens (tertiary/aromatic N) is 6. The lowest BCUT2D eigenvalue weighted by atomic mass is 9.90. The van der Waals surface area contributed by atoms with Crippen molar-refractivity contribution in [2.75, 3.05) is 78.5 Å². The lowest BCUT2D eigenvalue weighted by Crippen LogP contribution is -2.64. The third kappa shape index (κ3) is 6.61. The van der Waals surface area contributed by atoms with Gasteiger partial charge < -0.3 is 0 Å². The first-order valence-corrected chi connectivity index (χ1v) is 22.2. The van der Waals surface area contributed by atoms with Crippen LogP contribution in [0.15, 0.2) is 48.5 Å². The van der Waals surface area contributed by atoms with Crippen molar-refractivity contribution in [2.24, 2.45) is 0 Å². The van der Waals surface area contributed by atoms with Gasteiger partial charge >= 0.3 is 0 Å². The van der Waals surface area contributed by atoms with Gasteiger partial charge in [0.25, 0.3) is 0 Å². The number of carbonyl (C=O) groups is 1. The van der Waals surface area contributed by atoms with E-state index < -0.39 is 0 Å². The Morgan fingerprint density at radius 3 is 1.40 bits per heavy atom. The molecular formula is C43H56N6OS2. The third-order valence-corrected chi connectivity index (χ3v) is 16.3. The van der Waals surface area contributed by atoms with E-state index in [1.807, 2.05) is 22.7 Å². The van der Waals surface area contributed by atoms with Crippen molar-refractivity contribution in [1.82, 2.24) is 29.4 Å². The predicted molar refractivity (Wildman–Crippen MR) is 216 cm³/mol. The molecular weight excluding hydrogens is 681 g/mol. The van der Waals surface area contributed by atoms with E-state index in [-0.39, 0.29) is 12.1 Å². The Kier molecular flexibility index (Phi) is 9.76. The van der Waals surface area contributed by atoms with Crippen LogP contribution in [0.4, 0.5) is 0 Å². The maximum absolute atomic E-state index is 15.6. The molecule has 0 bridgehead atoms. The fraction of sp³-hybridized carbons (Fsp3) is 0.605. The normalized spacial score (nSPS) is 24.8. The highest BCUT2D eigenvalue weighted by Crippen LogP contribution is 2.37. The summed E-state index contributed by atoms with van der Waals surface area (Å²) in [6, 6.07) is 19.4. The molecule has 2 saturated carbocycles. The molecule has 2 atom stereocenters. The molecule has 10 rings (SSSR count). The quantitative estimate of drug-likeness (QED) is 0.193. The second-order valence-electron chi connectivity index (χ2n) is 16.7. The van der Waals surface area contributed by atoms with Gasteiger partial charge in [-0.1, -0.05) is 49.2 Å². The van der Waals surface area contributed by atoms with Crippen molar-refractivity contribution in [3.8, 4) is 0 Å². The number of benzene rings is 2. The number of thiophene rings is 2. The van der Waals surface area contributed by atoms with E-state index in [0.717, 1.165) is 117 Å². The summed E-state index contributed by atoms with van der Waals surface area (Å²) < 4.78 is 2.83. The number of hydrogen-bond acceptors (Lipinski definition) is 9. The Morgan fingerprint density at radius 2 is 1.00 bits per heavy atom. The topological polar surface area (TPSA) is 36.5 Å². The molecule has 0 spiro atoms. The number of Topliss-reactive ketones (excluding diaryl/α,β-unsaturated/α-hetero) is 1. The Bertz CT molecular complexity index is 1750. The van der Waals surface area contributed by atoms with Crippen molar-refractivity contribution < 1.29 is 4.79 Å². The molecule has 6 aliphatic rings. The SMILES string of the molecule is O=C(C(CN1CCc2c(sc3ccccc23)C1)N1CCN(C2CCC2)CC1)C(CN1CCc2c(sc3ccccc23)C1)N1CCN(C2CCC2)CC1. The highest BCUT2D eigenvalue weighted by molar-refractivity contribution is 7.19. The first-order valence-electron chi connectivity index (χ1n) is 20.6. The fourth-order valence-electron chi connectivity index (χ4n) is 10.3. The standard InChI is InChI=1S/C43H56N6OS2/c50-43(37(48-23-19-46(20-24-48)31-7-5-8-31)27-44-17-15-35-33-11-1-3-13-39(33)51-41(35)29-44)38(49-25-21-47(22-26-49)32-9-6-10-32)28-45-18-16-36-34-12-2-4-14-40(34)52-42(36)30-45/h1-4,11-14,31-32,37-38H,5-10,15-30H2. The summed E-state index contributed by atoms with van der Waals surface area (Å²) in [6.45, 7) is 14.3. The molecule has 0 radical (unpaired) electrons. The Hall–Kier alpha value is -2.21. The summed E-state index contributed by atoms with van der Waals surface area (Å²) >= 11 is 3.96. The van der Waals surface area contributed by atoms with Gasteiger partial charge in [0.2, 0.25) is 0 Å². The zero-order valence-electron chi connectivity index (χ0n) is 30.9. The molecule has 0 amide bonds. The minimum atomic E-state index is -0.0567. The van der Waals surface area contributed by atoms with Gasteiger partial charge in [-0.3, -0.25) is 34.2 Å². The molecule has 0 N–H and O–H groups in total. The highest BCUT2D eigenvalue weighted by Gasteiger charge is 2.41. The maximum atomic E-state index is 15.6. The molecule has 2 aromatic heterocycles. The molecule has 276 valence electrons. The van der Waals surface area contributed by atoms with Gasteiger partial charge in [-0.2, -0.15) is 0 Å². The number of ketones is 1. The van der Waals surface area contributed by atoms with Crippen LogP contribution in [-0.4, -0.2) is 138 Å². The smallest absolute Gasteiger partial charge is 0.169 e. The molecule has 4 aromatic rings. The van der Waals surface area contributed by atoms with E-state index in [2.05, 4.69) is 77.9 Å². The summed E-state index contributed by atoms with van der Waals surface area (Å²) in [5.41, 5.74) is 3.11. The van der Waals surface area contributed by atoms with Gasteiger partial charge in [0.05, 0.1) is 12.1 Å². The van der Waals surface area contributed by atoms with Gasteiger partial charge in [-0.25, -0.2) is 0 Å². The average molecular weight is 737 g/mol. The zero-order chi connectivity index (χ0) is 34.6. The van der Waals surface area contributed by atoms with Crippen LogP contribution >= 0.6 is 22.7 Å². The molecule has 2 aliphatic carbocycles. The Morgan fingerprint density at radius 1 is 0.577 bits per heavy atom. The largest absolute Gasteiger partial charge is 0.298 e. The number of fused-ring (bicyclic) bond motifs is 6. The summed E-state index contributed by atoms with van der Waals surface area (Å²) in [6.07, 6.45) is 10.4. The van der Waals surface area contributed by atoms with Gasteiger partial charge in [-0.15, -0.1) is 22.7 Å². The van der Waals surface area contributed by atoms with Gasteiger partial charge in [0.1, 0.15) is 0 Å². The Balaban J connectivity index is 0.918. The lowest BCUT2D eigenvalue weighted by Gasteiger charge is -2.48. The predicted octanol–water partition coefficient (Wildman–Crippen LogP) is 6.18. The minimum Gasteiger partial charge on any atom is -0.298 e. The average Bonchev–Trinajstić information content (AvgIpc) is 3.69. The number of hydrogen-bond donors (Lipinski definition) is 0. The zero-order valence-corrected chi connectivity index (χ0v) is 32.5. The summed E-state index contributed by atoms with van der Waals surface area (Å²) in [4.78, 5) is 34.6. The van der Waals surface area contributed by atoms with Crippen LogP contribution < -0.4 is 0 Å². The van der Waals surface area contributed by atoms with Crippen LogP contribution in [0.3, 0.4) is 0 Å². The molecule has 2 unspecified atom stereocenters. The van der Waals surface area contributed by atoms with Crippen LogP contribution in [0.25, 0.3) is 20.2 Å². The molecule has 7 nitrogen and oxygen atoms in total. The minimum absolute atomic E-state index is 0.0567. The fourth-order valence-corrected chi connectivity index (χ4v) is 12.9. The number of rotatable bonds is 10. The third-order valence-electron chi connectivity index (χ3n) is 13.9. The first kappa shape index (κ1) is 34.3. The summed E-state index contributed by atoms with van der Waals surface area (Å²) in [7, 11) is 0. The highest BCUT2D eigenvalue weighted by atomic mass is 32.1. The van der Waals surface area contributed by atoms with Crippen molar-refractivity contribution in [3.05, 3.63) is 69.4 Å². The van der Waals surface area contributed by atoms with Gasteiger partial charge in [0.15, 0.2) is 5.78 Å². The van der Waals surface area contributed by atoms with Crippen molar-refractivity contribution >= 4 is 48.6 Å². The van der Waals surface area contributed by atoms with Crippen molar-refractivity contribution in [3.63, 3.8) is 0 Å². The molecule has 9 heteroatoms. The number of piperazine rings is 2. The molecule has 6 heterocycles. The molecule has 52 heavy (non-hydrogen) atoms. The second-order valence-corrected chi connectivity index (χ2v) is 19.0. The van der Waals surface area contributed by atoms with Crippen molar-refractivity contribution in [2.45, 2.75) is 88.6 Å². The maximum Gasteiger partial charge on any atom is 0.169 e. The van der Waals surface area contributed by atoms with E-state index in [1.165, 1.54) is 68.5 Å². The summed E-state index contributed by atoms with van der Waals surface area (Å²) in [5, 5.41) is 2.90. The van der Waals surface area contributed by atoms with Crippen molar-refractivity contribution in [1.29, 1.82) is 0 Å². The van der Waals surface area contributed by atoms with E-state index >= 15 is 4.79 Å². The Labute approximate surface area is 318 Å². The van der Waals surface area contributed by atoms with Crippen LogP contribution in [0, 0.1) is 0 Å². The second kappa shape index (κ2) is 14.8. The molecule has 2 aromatic carbocycles. The lowest BCUT2D eigenvalue weighted by molar-refractivity contribution is -0.133. The van der Waals surface area contributed by atoms with Crippen LogP contribution in [0.5, 0.6) is 0 Å². The molecule has 4 fully saturated rings. The molecule has 4 aliphatic heterocycles. The van der Waals surface area contributed by atoms with Crippen LogP contribution in [0.1, 0.15) is 59.4 Å². The van der Waals surface area contributed by atoms with Crippen LogP contribution in [-0.2, 0) is 30.7 Å². The molecule has 2 saturated heterocycles. The number of carbonyl (C=O) groups excluding carboxylic acids is 1. The van der Waals surface area contributed by atoms with E-state index in [1.54, 1.807) is 11.1 Å². The van der Waals surface area contributed by atoms with E-state index in [9.17, 15) is 0 Å². The van der Waals surface area contributed by atoms with Gasteiger partial charge in [0, 0.05) is 123 Å². The van der Waals surface area contributed by atoms with Gasteiger partial charge in [-0.05, 0) is 72.6 Å². The van der Waals surface area contributed by atoms with E-state index in [4.69, 9.17) is 0 Å². The van der Waals surface area contributed by atoms with E-state index in [0.29, 0.717) is 5.78 Å². The first-order chi connectivity index (χ1) is 25.6.